The lowest BCUT2D eigenvalue weighted by molar-refractivity contribution is 0.627. The molecule has 0 saturated carbocycles. The summed E-state index contributed by atoms with van der Waals surface area (Å²) in [6, 6.07) is 96.8. The summed E-state index contributed by atoms with van der Waals surface area (Å²) >= 11 is 0. The van der Waals surface area contributed by atoms with E-state index >= 15 is 0 Å². The molecule has 0 aliphatic heterocycles. The van der Waals surface area contributed by atoms with Gasteiger partial charge in [-0.15, -0.1) is 0 Å². The molecule has 6 aliphatic rings. The predicted octanol–water partition coefficient (Wildman–Crippen LogP) is 23.2. The van der Waals surface area contributed by atoms with Crippen LogP contribution in [0.25, 0.3) is 38.6 Å². The first-order chi connectivity index (χ1) is 45.1. The van der Waals surface area contributed by atoms with Gasteiger partial charge in [-0.1, -0.05) is 248 Å². The van der Waals surface area contributed by atoms with Crippen LogP contribution >= 0.6 is 0 Å². The summed E-state index contributed by atoms with van der Waals surface area (Å²) in [6.45, 7) is 0. The molecule has 6 aliphatic carbocycles. The van der Waals surface area contributed by atoms with Crippen LogP contribution in [-0.2, 0) is 0 Å². The van der Waals surface area contributed by atoms with Crippen molar-refractivity contribution in [3.8, 4) is 11.1 Å². The zero-order valence-electron chi connectivity index (χ0n) is 51.1. The van der Waals surface area contributed by atoms with Crippen LogP contribution in [-0.4, -0.2) is 6.04 Å². The molecule has 3 nitrogen and oxygen atoms in total. The number of fused-ring (bicyclic) bond motifs is 7. The van der Waals surface area contributed by atoms with Gasteiger partial charge < -0.3 is 14.7 Å². The maximum atomic E-state index is 2.68. The minimum atomic E-state index is 0.0637. The number of rotatable bonds is 14. The second-order valence-corrected chi connectivity index (χ2v) is 24.8. The molecule has 5 unspecified atom stereocenters. The normalized spacial score (nSPS) is 19.6. The van der Waals surface area contributed by atoms with Crippen molar-refractivity contribution in [1.82, 2.24) is 0 Å². The van der Waals surface area contributed by atoms with Crippen LogP contribution < -0.4 is 14.7 Å². The molecular formula is C88H71N3. The molecule has 10 aromatic rings. The van der Waals surface area contributed by atoms with Gasteiger partial charge >= 0.3 is 0 Å². The van der Waals surface area contributed by atoms with E-state index in [2.05, 4.69) is 355 Å². The number of allylic oxidation sites excluding steroid dienone is 17. The number of hydrogen-bond acceptors (Lipinski definition) is 3. The highest BCUT2D eigenvalue weighted by Crippen LogP contribution is 2.61. The van der Waals surface area contributed by atoms with Crippen molar-refractivity contribution in [1.29, 1.82) is 0 Å². The Balaban J connectivity index is 0.870. The van der Waals surface area contributed by atoms with Crippen LogP contribution in [0, 0.1) is 17.8 Å². The van der Waals surface area contributed by atoms with Gasteiger partial charge in [-0.25, -0.2) is 0 Å². The van der Waals surface area contributed by atoms with Gasteiger partial charge in [-0.3, -0.25) is 0 Å². The van der Waals surface area contributed by atoms with E-state index in [0.717, 1.165) is 60.5 Å². The number of hydrogen-bond donors (Lipinski definition) is 0. The maximum Gasteiger partial charge on any atom is 0.0559 e. The van der Waals surface area contributed by atoms with E-state index in [4.69, 9.17) is 0 Å². The maximum absolute atomic E-state index is 2.68. The third-order valence-corrected chi connectivity index (χ3v) is 19.5. The molecule has 3 heteroatoms. The Morgan fingerprint density at radius 1 is 0.396 bits per heavy atom. The zero-order valence-corrected chi connectivity index (χ0v) is 51.1. The molecule has 5 atom stereocenters. The first-order valence-electron chi connectivity index (χ1n) is 32.6. The summed E-state index contributed by atoms with van der Waals surface area (Å²) in [5, 5.41) is 2.48. The Morgan fingerprint density at radius 3 is 1.66 bits per heavy atom. The summed E-state index contributed by atoms with van der Waals surface area (Å²) in [6.07, 6.45) is 36.0. The molecule has 0 radical (unpaired) electrons. The van der Waals surface area contributed by atoms with Crippen LogP contribution in [0.3, 0.4) is 0 Å². The quantitative estimate of drug-likeness (QED) is 0.107. The molecule has 438 valence electrons. The first kappa shape index (κ1) is 55.6. The lowest BCUT2D eigenvalue weighted by Crippen LogP contribution is -2.30. The SMILES string of the molecule is C1=CCCC(C2CC(c3ccc(N(c4ccccc4)C4C=CC=CC4)cc3)=C3C(=C2c2ccc(N(c4ccccc4)c4ccccc4)cc2)C2C=CC(C4C=CC(N(c5ccccc5)c5ccc6ccccc6c5)=CC4)=CC2c2cc(-c4ccccc4)ccc23)=C1. The van der Waals surface area contributed by atoms with Crippen molar-refractivity contribution < 1.29 is 0 Å². The van der Waals surface area contributed by atoms with Gasteiger partial charge in [0.2, 0.25) is 0 Å². The number of para-hydroxylation sites is 4. The van der Waals surface area contributed by atoms with Gasteiger partial charge in [0.25, 0.3) is 0 Å². The second-order valence-electron chi connectivity index (χ2n) is 24.8. The van der Waals surface area contributed by atoms with E-state index in [1.165, 1.54) is 94.7 Å². The van der Waals surface area contributed by atoms with Crippen molar-refractivity contribution in [2.45, 2.75) is 44.1 Å². The third-order valence-electron chi connectivity index (χ3n) is 19.5. The summed E-state index contributed by atoms with van der Waals surface area (Å²) in [5.74, 6) is 0.492. The van der Waals surface area contributed by atoms with Crippen molar-refractivity contribution in [2.24, 2.45) is 17.8 Å². The summed E-state index contributed by atoms with van der Waals surface area (Å²) in [5.41, 5.74) is 25.7. The summed E-state index contributed by atoms with van der Waals surface area (Å²) in [7, 11) is 0. The van der Waals surface area contributed by atoms with Gasteiger partial charge in [0, 0.05) is 69.2 Å². The molecule has 0 saturated heterocycles. The summed E-state index contributed by atoms with van der Waals surface area (Å²) < 4.78 is 0. The molecule has 0 fully saturated rings. The van der Waals surface area contributed by atoms with Gasteiger partial charge in [-0.2, -0.15) is 0 Å². The van der Waals surface area contributed by atoms with Crippen molar-refractivity contribution in [3.05, 3.63) is 385 Å². The van der Waals surface area contributed by atoms with E-state index in [1.54, 1.807) is 0 Å². The fourth-order valence-electron chi connectivity index (χ4n) is 15.2. The van der Waals surface area contributed by atoms with E-state index in [-0.39, 0.29) is 29.7 Å². The fraction of sp³-hybridized carbons (Fsp3) is 0.114. The van der Waals surface area contributed by atoms with Crippen molar-refractivity contribution in [3.63, 3.8) is 0 Å². The number of anilines is 7. The lowest BCUT2D eigenvalue weighted by atomic mass is 9.59. The van der Waals surface area contributed by atoms with Crippen LogP contribution in [0.15, 0.2) is 362 Å². The average Bonchev–Trinajstić information content (AvgIpc) is 0.737. The van der Waals surface area contributed by atoms with Gasteiger partial charge in [0.15, 0.2) is 0 Å². The van der Waals surface area contributed by atoms with Crippen molar-refractivity contribution >= 4 is 67.3 Å². The average molecular weight is 1170 g/mol. The molecule has 0 amide bonds. The topological polar surface area (TPSA) is 9.72 Å². The Kier molecular flexibility index (Phi) is 15.1. The monoisotopic (exact) mass is 1170 g/mol. The highest BCUT2D eigenvalue weighted by Gasteiger charge is 2.44. The van der Waals surface area contributed by atoms with Crippen LogP contribution in [0.5, 0.6) is 0 Å². The van der Waals surface area contributed by atoms with Crippen LogP contribution in [0.4, 0.5) is 39.8 Å². The molecule has 0 bridgehead atoms. The molecular weight excluding hydrogens is 1100 g/mol. The molecule has 0 aromatic heterocycles. The summed E-state index contributed by atoms with van der Waals surface area (Å²) in [4.78, 5) is 7.32. The Hall–Kier alpha value is -10.7. The Morgan fingerprint density at radius 2 is 1.00 bits per heavy atom. The van der Waals surface area contributed by atoms with Crippen molar-refractivity contribution in [2.75, 3.05) is 14.7 Å². The molecule has 16 rings (SSSR count). The highest BCUT2D eigenvalue weighted by atomic mass is 15.2. The number of benzene rings is 10. The van der Waals surface area contributed by atoms with Gasteiger partial charge in [0.1, 0.15) is 0 Å². The highest BCUT2D eigenvalue weighted by molar-refractivity contribution is 6.09. The van der Waals surface area contributed by atoms with E-state index in [1.807, 2.05) is 0 Å². The van der Waals surface area contributed by atoms with E-state index in [9.17, 15) is 0 Å². The van der Waals surface area contributed by atoms with Crippen LogP contribution in [0.2, 0.25) is 0 Å². The minimum absolute atomic E-state index is 0.0637. The zero-order chi connectivity index (χ0) is 60.5. The van der Waals surface area contributed by atoms with E-state index in [0.29, 0.717) is 0 Å². The smallest absolute Gasteiger partial charge is 0.0559 e. The van der Waals surface area contributed by atoms with Gasteiger partial charge in [-0.05, 0) is 201 Å². The van der Waals surface area contributed by atoms with Gasteiger partial charge in [0.05, 0.1) is 6.04 Å². The fourth-order valence-corrected chi connectivity index (χ4v) is 15.2. The Labute approximate surface area is 536 Å². The van der Waals surface area contributed by atoms with E-state index < -0.39 is 0 Å². The lowest BCUT2D eigenvalue weighted by Gasteiger charge is -2.45. The molecule has 0 heterocycles. The first-order valence-corrected chi connectivity index (χ1v) is 32.6. The molecule has 91 heavy (non-hydrogen) atoms. The second kappa shape index (κ2) is 24.7. The largest absolute Gasteiger partial charge is 0.334 e. The third kappa shape index (κ3) is 10.8. The minimum Gasteiger partial charge on any atom is -0.334 e. The molecule has 10 aromatic carbocycles. The van der Waals surface area contributed by atoms with Crippen LogP contribution in [0.1, 0.15) is 60.3 Å². The number of nitrogens with zero attached hydrogens (tertiary/aromatic N) is 3. The molecule has 0 N–H and O–H groups in total. The predicted molar refractivity (Wildman–Crippen MR) is 384 cm³/mol. The Bertz CT molecular complexity index is 4610. The standard InChI is InChI=1S/C88H71N3/c1-8-24-62(25-9-1)69-47-56-80-84(59-69)85-60-70(64-40-49-78(50-41-64)91(75-38-20-7-21-39-75)79-55-42-63-26-22-23-29-68(63)58-79)48-57-81(85)88-86(67-45-53-77(54-46-67)90(73-34-16-5-17-35-73)74-36-18-6-19-37-74)82(65-27-10-2-11-28-65)61-83(87(80)88)66-43-51-76(52-44-66)89(71-30-12-3-13-31-71)72-32-14-4-15-33-72/h1-10,12-27,29-32,34-40,42-60,64,72,81-82,85H,11,28,33,41,61H2. The molecule has 0 spiro atoms.